The normalized spacial score (nSPS) is 15.4. The van der Waals surface area contributed by atoms with E-state index in [0.717, 1.165) is 35.7 Å². The van der Waals surface area contributed by atoms with Gasteiger partial charge in [-0.2, -0.15) is 0 Å². The van der Waals surface area contributed by atoms with Crippen molar-refractivity contribution in [2.45, 2.75) is 25.3 Å². The highest BCUT2D eigenvalue weighted by Crippen LogP contribution is 2.28. The van der Waals surface area contributed by atoms with Crippen molar-refractivity contribution < 1.29 is 9.21 Å². The van der Waals surface area contributed by atoms with Gasteiger partial charge in [0.25, 0.3) is 5.91 Å². The number of benzene rings is 1. The maximum atomic E-state index is 12.6. The van der Waals surface area contributed by atoms with E-state index in [1.807, 2.05) is 35.2 Å². The molecule has 3 nitrogen and oxygen atoms in total. The third-order valence-corrected chi connectivity index (χ3v) is 4.09. The van der Waals surface area contributed by atoms with E-state index in [2.05, 4.69) is 15.9 Å². The number of para-hydroxylation sites is 1. The largest absolute Gasteiger partial charge is 0.451 e. The molecule has 100 valence electrons. The Hall–Kier alpha value is -1.29. The van der Waals surface area contributed by atoms with E-state index in [0.29, 0.717) is 11.8 Å². The van der Waals surface area contributed by atoms with Crippen molar-refractivity contribution in [1.82, 2.24) is 4.90 Å². The van der Waals surface area contributed by atoms with Crippen LogP contribution in [0.5, 0.6) is 0 Å². The van der Waals surface area contributed by atoms with Gasteiger partial charge in [-0.25, -0.2) is 0 Å². The molecule has 0 unspecified atom stereocenters. The Morgan fingerprint density at radius 3 is 2.79 bits per heavy atom. The second kappa shape index (κ2) is 5.37. The average Bonchev–Trinajstić information content (AvgIpc) is 2.79. The zero-order valence-electron chi connectivity index (χ0n) is 10.6. The Morgan fingerprint density at radius 2 is 2.16 bits per heavy atom. The average molecular weight is 322 g/mol. The van der Waals surface area contributed by atoms with E-state index in [4.69, 9.17) is 4.42 Å². The predicted octanol–water partition coefficient (Wildman–Crippen LogP) is 3.82. The molecule has 0 bridgehead atoms. The Balaban J connectivity index is 1.87. The van der Waals surface area contributed by atoms with Crippen molar-refractivity contribution in [1.29, 1.82) is 0 Å². The van der Waals surface area contributed by atoms with Crippen molar-refractivity contribution in [2.75, 3.05) is 11.9 Å². The molecule has 1 saturated carbocycles. The lowest BCUT2D eigenvalue weighted by Gasteiger charge is -2.36. The lowest BCUT2D eigenvalue weighted by Crippen LogP contribution is -2.45. The zero-order valence-corrected chi connectivity index (χ0v) is 12.2. The van der Waals surface area contributed by atoms with E-state index in [-0.39, 0.29) is 5.91 Å². The highest BCUT2D eigenvalue weighted by Gasteiger charge is 2.30. The summed E-state index contributed by atoms with van der Waals surface area (Å²) in [5, 5.41) is 1.79. The zero-order chi connectivity index (χ0) is 13.2. The van der Waals surface area contributed by atoms with E-state index < -0.39 is 0 Å². The van der Waals surface area contributed by atoms with Gasteiger partial charge in [0, 0.05) is 23.3 Å². The Labute approximate surface area is 120 Å². The number of fused-ring (bicyclic) bond motifs is 1. The van der Waals surface area contributed by atoms with Crippen LogP contribution < -0.4 is 0 Å². The van der Waals surface area contributed by atoms with Crippen molar-refractivity contribution in [3.63, 3.8) is 0 Å². The molecule has 0 N–H and O–H groups in total. The molecule has 1 aromatic carbocycles. The van der Waals surface area contributed by atoms with Crippen LogP contribution in [-0.4, -0.2) is 28.7 Å². The van der Waals surface area contributed by atoms with E-state index in [1.165, 1.54) is 6.42 Å². The van der Waals surface area contributed by atoms with Gasteiger partial charge in [0.15, 0.2) is 5.76 Å². The van der Waals surface area contributed by atoms with Crippen molar-refractivity contribution in [2.24, 2.45) is 0 Å². The number of rotatable bonds is 4. The summed E-state index contributed by atoms with van der Waals surface area (Å²) in [7, 11) is 0. The van der Waals surface area contributed by atoms with Crippen molar-refractivity contribution >= 4 is 32.8 Å². The number of halogens is 1. The quantitative estimate of drug-likeness (QED) is 0.802. The molecule has 3 rings (SSSR count). The van der Waals surface area contributed by atoms with Crippen LogP contribution in [-0.2, 0) is 0 Å². The lowest BCUT2D eigenvalue weighted by atomic mass is 9.91. The summed E-state index contributed by atoms with van der Waals surface area (Å²) in [6.07, 6.45) is 3.44. The molecule has 1 aliphatic carbocycles. The molecule has 1 fully saturated rings. The summed E-state index contributed by atoms with van der Waals surface area (Å²) in [6.45, 7) is 0.737. The molecule has 0 aliphatic heterocycles. The first-order valence-electron chi connectivity index (χ1n) is 6.65. The summed E-state index contributed by atoms with van der Waals surface area (Å²) in [6, 6.07) is 9.96. The summed E-state index contributed by atoms with van der Waals surface area (Å²) >= 11 is 3.42. The third kappa shape index (κ3) is 2.41. The molecule has 1 aromatic heterocycles. The Bertz CT molecular complexity index is 556. The van der Waals surface area contributed by atoms with Crippen LogP contribution in [0.1, 0.15) is 29.8 Å². The van der Waals surface area contributed by atoms with Gasteiger partial charge in [0.2, 0.25) is 0 Å². The van der Waals surface area contributed by atoms with Gasteiger partial charge in [-0.05, 0) is 31.4 Å². The first-order chi connectivity index (χ1) is 9.29. The van der Waals surface area contributed by atoms with Gasteiger partial charge in [-0.3, -0.25) is 4.79 Å². The summed E-state index contributed by atoms with van der Waals surface area (Å²) < 4.78 is 5.67. The SMILES string of the molecule is O=C(c1cc2ccccc2o1)N(CCBr)C1CCC1. The van der Waals surface area contributed by atoms with E-state index in [1.54, 1.807) is 0 Å². The minimum absolute atomic E-state index is 0.0142. The number of amides is 1. The smallest absolute Gasteiger partial charge is 0.289 e. The second-order valence-electron chi connectivity index (χ2n) is 4.92. The first kappa shape index (κ1) is 12.7. The third-order valence-electron chi connectivity index (χ3n) is 3.74. The van der Waals surface area contributed by atoms with E-state index >= 15 is 0 Å². The first-order valence-corrected chi connectivity index (χ1v) is 7.77. The lowest BCUT2D eigenvalue weighted by molar-refractivity contribution is 0.0570. The summed E-state index contributed by atoms with van der Waals surface area (Å²) in [5.74, 6) is 0.467. The molecule has 2 aromatic rings. The van der Waals surface area contributed by atoms with Crippen molar-refractivity contribution in [3.8, 4) is 0 Å². The molecule has 0 spiro atoms. The van der Waals surface area contributed by atoms with Crippen LogP contribution >= 0.6 is 15.9 Å². The van der Waals surface area contributed by atoms with Crippen LogP contribution in [0.15, 0.2) is 34.7 Å². The standard InChI is InChI=1S/C15H16BrNO2/c16-8-9-17(12-5-3-6-12)15(18)14-10-11-4-1-2-7-13(11)19-14/h1-2,4,7,10,12H,3,5-6,8-9H2. The topological polar surface area (TPSA) is 33.5 Å². The van der Waals surface area contributed by atoms with Gasteiger partial charge >= 0.3 is 0 Å². The van der Waals surface area contributed by atoms with Crippen LogP contribution in [0.4, 0.5) is 0 Å². The number of carbonyl (C=O) groups is 1. The maximum Gasteiger partial charge on any atom is 0.289 e. The highest BCUT2D eigenvalue weighted by molar-refractivity contribution is 9.09. The molecule has 0 radical (unpaired) electrons. The van der Waals surface area contributed by atoms with Gasteiger partial charge in [-0.1, -0.05) is 34.1 Å². The molecular weight excluding hydrogens is 306 g/mol. The molecule has 19 heavy (non-hydrogen) atoms. The number of carbonyl (C=O) groups excluding carboxylic acids is 1. The molecular formula is C15H16BrNO2. The minimum atomic E-state index is 0.0142. The van der Waals surface area contributed by atoms with Crippen molar-refractivity contribution in [3.05, 3.63) is 36.1 Å². The fourth-order valence-electron chi connectivity index (χ4n) is 2.47. The summed E-state index contributed by atoms with van der Waals surface area (Å²) in [5.41, 5.74) is 0.776. The van der Waals surface area contributed by atoms with E-state index in [9.17, 15) is 4.79 Å². The minimum Gasteiger partial charge on any atom is -0.451 e. The Kier molecular flexibility index (Phi) is 3.60. The number of nitrogens with zero attached hydrogens (tertiary/aromatic N) is 1. The van der Waals surface area contributed by atoms with Gasteiger partial charge in [-0.15, -0.1) is 0 Å². The highest BCUT2D eigenvalue weighted by atomic mass is 79.9. The predicted molar refractivity (Wildman–Crippen MR) is 78.7 cm³/mol. The molecule has 0 saturated heterocycles. The van der Waals surface area contributed by atoms with Crippen LogP contribution in [0.25, 0.3) is 11.0 Å². The molecule has 4 heteroatoms. The number of hydrogen-bond donors (Lipinski definition) is 0. The fraction of sp³-hybridized carbons (Fsp3) is 0.400. The van der Waals surface area contributed by atoms with Gasteiger partial charge < -0.3 is 9.32 Å². The maximum absolute atomic E-state index is 12.6. The van der Waals surface area contributed by atoms with Crippen LogP contribution in [0.3, 0.4) is 0 Å². The molecule has 1 amide bonds. The second-order valence-corrected chi connectivity index (χ2v) is 5.71. The van der Waals surface area contributed by atoms with Gasteiger partial charge in [0.1, 0.15) is 5.58 Å². The van der Waals surface area contributed by atoms with Gasteiger partial charge in [0.05, 0.1) is 0 Å². The van der Waals surface area contributed by atoms with Crippen LogP contribution in [0.2, 0.25) is 0 Å². The molecule has 0 atom stereocenters. The molecule has 1 aliphatic rings. The fourth-order valence-corrected chi connectivity index (χ4v) is 2.85. The number of hydrogen-bond acceptors (Lipinski definition) is 2. The Morgan fingerprint density at radius 1 is 1.37 bits per heavy atom. The number of furan rings is 1. The monoisotopic (exact) mass is 321 g/mol. The number of alkyl halides is 1. The molecule has 1 heterocycles. The van der Waals surface area contributed by atoms with Crippen LogP contribution in [0, 0.1) is 0 Å². The summed E-state index contributed by atoms with van der Waals surface area (Å²) in [4.78, 5) is 14.5.